The van der Waals surface area contributed by atoms with Crippen molar-refractivity contribution >= 4 is 6.21 Å². The Bertz CT molecular complexity index is 238. The molecule has 0 spiro atoms. The van der Waals surface area contributed by atoms with Crippen LogP contribution >= 0.6 is 0 Å². The second-order valence-corrected chi connectivity index (χ2v) is 2.22. The van der Waals surface area contributed by atoms with E-state index in [2.05, 4.69) is 5.10 Å². The van der Waals surface area contributed by atoms with Crippen molar-refractivity contribution in [3.8, 4) is 0 Å². The Morgan fingerprint density at radius 3 is 2.36 bits per heavy atom. The minimum absolute atomic E-state index is 0.569. The van der Waals surface area contributed by atoms with Crippen molar-refractivity contribution in [2.24, 2.45) is 16.7 Å². The number of benzene rings is 1. The van der Waals surface area contributed by atoms with Gasteiger partial charge in [-0.1, -0.05) is 24.3 Å². The highest BCUT2D eigenvalue weighted by atomic mass is 15.1. The van der Waals surface area contributed by atoms with E-state index in [4.69, 9.17) is 11.6 Å². The summed E-state index contributed by atoms with van der Waals surface area (Å²) in [6.45, 7) is 0.569. The van der Waals surface area contributed by atoms with E-state index in [-0.39, 0.29) is 0 Å². The molecule has 3 heteroatoms. The molecular weight excluding hydrogens is 138 g/mol. The predicted molar refractivity (Wildman–Crippen MR) is 46.1 cm³/mol. The van der Waals surface area contributed by atoms with Gasteiger partial charge in [-0.25, -0.2) is 0 Å². The van der Waals surface area contributed by atoms with E-state index in [1.165, 1.54) is 0 Å². The molecule has 1 rings (SSSR count). The van der Waals surface area contributed by atoms with Gasteiger partial charge in [-0.3, -0.25) is 0 Å². The van der Waals surface area contributed by atoms with Gasteiger partial charge in [0, 0.05) is 6.54 Å². The third-order valence-corrected chi connectivity index (χ3v) is 1.44. The Labute approximate surface area is 65.7 Å². The maximum Gasteiger partial charge on any atom is 0.0538 e. The highest BCUT2D eigenvalue weighted by Gasteiger charge is 1.88. The molecule has 3 nitrogen and oxygen atoms in total. The molecule has 0 bridgehead atoms. The summed E-state index contributed by atoms with van der Waals surface area (Å²) in [5.74, 6) is 4.98. The van der Waals surface area contributed by atoms with Crippen molar-refractivity contribution in [1.82, 2.24) is 0 Å². The first-order chi connectivity index (χ1) is 5.36. The van der Waals surface area contributed by atoms with Crippen molar-refractivity contribution in [3.05, 3.63) is 35.4 Å². The van der Waals surface area contributed by atoms with Crippen LogP contribution in [0.2, 0.25) is 0 Å². The third kappa shape index (κ3) is 2.05. The average Bonchev–Trinajstić information content (AvgIpc) is 2.07. The Morgan fingerprint density at radius 2 is 1.91 bits per heavy atom. The maximum absolute atomic E-state index is 5.42. The number of hydrazone groups is 1. The molecule has 0 aliphatic rings. The van der Waals surface area contributed by atoms with Crippen LogP contribution in [0.25, 0.3) is 0 Å². The fourth-order valence-electron chi connectivity index (χ4n) is 0.826. The normalized spacial score (nSPS) is 10.6. The predicted octanol–water partition coefficient (Wildman–Crippen LogP) is 0.438. The van der Waals surface area contributed by atoms with Gasteiger partial charge < -0.3 is 11.6 Å². The molecule has 0 amide bonds. The van der Waals surface area contributed by atoms with Crippen LogP contribution in [0.4, 0.5) is 0 Å². The molecule has 58 valence electrons. The van der Waals surface area contributed by atoms with Gasteiger partial charge in [-0.05, 0) is 11.1 Å². The van der Waals surface area contributed by atoms with Gasteiger partial charge in [0.25, 0.3) is 0 Å². The maximum atomic E-state index is 5.42. The molecule has 1 aromatic rings. The van der Waals surface area contributed by atoms with Crippen LogP contribution in [0.1, 0.15) is 11.1 Å². The Balaban J connectivity index is 2.82. The van der Waals surface area contributed by atoms with Crippen molar-refractivity contribution in [2.45, 2.75) is 6.54 Å². The minimum Gasteiger partial charge on any atom is -0.326 e. The van der Waals surface area contributed by atoms with E-state index in [1.807, 2.05) is 24.3 Å². The zero-order valence-corrected chi connectivity index (χ0v) is 6.20. The van der Waals surface area contributed by atoms with Crippen LogP contribution in [-0.4, -0.2) is 6.21 Å². The van der Waals surface area contributed by atoms with Gasteiger partial charge in [0.1, 0.15) is 0 Å². The number of nitrogens with zero attached hydrogens (tertiary/aromatic N) is 1. The SMILES string of the molecule is NCc1ccc(C=NN)cc1. The van der Waals surface area contributed by atoms with Gasteiger partial charge in [0.2, 0.25) is 0 Å². The van der Waals surface area contributed by atoms with Crippen LogP contribution in [0.5, 0.6) is 0 Å². The van der Waals surface area contributed by atoms with E-state index in [9.17, 15) is 0 Å². The summed E-state index contributed by atoms with van der Waals surface area (Å²) in [7, 11) is 0. The summed E-state index contributed by atoms with van der Waals surface area (Å²) in [5, 5.41) is 3.41. The molecule has 1 aromatic carbocycles. The second-order valence-electron chi connectivity index (χ2n) is 2.22. The average molecular weight is 149 g/mol. The summed E-state index contributed by atoms with van der Waals surface area (Å²) >= 11 is 0. The second kappa shape index (κ2) is 3.73. The molecule has 0 aliphatic carbocycles. The fourth-order valence-corrected chi connectivity index (χ4v) is 0.826. The Morgan fingerprint density at radius 1 is 1.27 bits per heavy atom. The topological polar surface area (TPSA) is 64.4 Å². The molecule has 4 N–H and O–H groups in total. The quantitative estimate of drug-likeness (QED) is 0.364. The van der Waals surface area contributed by atoms with Crippen molar-refractivity contribution in [2.75, 3.05) is 0 Å². The molecule has 0 heterocycles. The van der Waals surface area contributed by atoms with E-state index in [0.29, 0.717) is 6.54 Å². The molecular formula is C8H11N3. The van der Waals surface area contributed by atoms with E-state index in [1.54, 1.807) is 6.21 Å². The smallest absolute Gasteiger partial charge is 0.0538 e. The lowest BCUT2D eigenvalue weighted by atomic mass is 10.1. The highest BCUT2D eigenvalue weighted by Crippen LogP contribution is 2.00. The number of hydrogen-bond donors (Lipinski definition) is 2. The minimum atomic E-state index is 0.569. The van der Waals surface area contributed by atoms with Gasteiger partial charge in [0.05, 0.1) is 6.21 Å². The first-order valence-electron chi connectivity index (χ1n) is 3.39. The Kier molecular flexibility index (Phi) is 2.63. The molecule has 0 atom stereocenters. The molecule has 0 fully saturated rings. The lowest BCUT2D eigenvalue weighted by molar-refractivity contribution is 1.07. The fraction of sp³-hybridized carbons (Fsp3) is 0.125. The van der Waals surface area contributed by atoms with E-state index >= 15 is 0 Å². The molecule has 0 saturated carbocycles. The number of hydrogen-bond acceptors (Lipinski definition) is 3. The van der Waals surface area contributed by atoms with Crippen molar-refractivity contribution in [3.63, 3.8) is 0 Å². The van der Waals surface area contributed by atoms with Crippen molar-refractivity contribution in [1.29, 1.82) is 0 Å². The molecule has 0 aromatic heterocycles. The first kappa shape index (κ1) is 7.75. The molecule has 0 radical (unpaired) electrons. The third-order valence-electron chi connectivity index (χ3n) is 1.44. The van der Waals surface area contributed by atoms with Gasteiger partial charge in [-0.2, -0.15) is 5.10 Å². The summed E-state index contributed by atoms with van der Waals surface area (Å²) in [5.41, 5.74) is 7.52. The van der Waals surface area contributed by atoms with Crippen LogP contribution in [-0.2, 0) is 6.54 Å². The van der Waals surface area contributed by atoms with Crippen molar-refractivity contribution < 1.29 is 0 Å². The molecule has 0 saturated heterocycles. The van der Waals surface area contributed by atoms with Crippen LogP contribution in [0, 0.1) is 0 Å². The van der Waals surface area contributed by atoms with E-state index < -0.39 is 0 Å². The molecule has 0 unspecified atom stereocenters. The van der Waals surface area contributed by atoms with Gasteiger partial charge in [0.15, 0.2) is 0 Å². The molecule has 11 heavy (non-hydrogen) atoms. The summed E-state index contributed by atoms with van der Waals surface area (Å²) in [6.07, 6.45) is 1.60. The first-order valence-corrected chi connectivity index (χ1v) is 3.39. The zero-order valence-electron chi connectivity index (χ0n) is 6.20. The van der Waals surface area contributed by atoms with Crippen LogP contribution in [0.15, 0.2) is 29.4 Å². The lowest BCUT2D eigenvalue weighted by Gasteiger charge is -1.95. The van der Waals surface area contributed by atoms with Gasteiger partial charge in [-0.15, -0.1) is 0 Å². The number of nitrogens with two attached hydrogens (primary N) is 2. The van der Waals surface area contributed by atoms with Crippen LogP contribution in [0.3, 0.4) is 0 Å². The molecule has 0 aliphatic heterocycles. The van der Waals surface area contributed by atoms with Crippen LogP contribution < -0.4 is 11.6 Å². The highest BCUT2D eigenvalue weighted by molar-refractivity contribution is 5.79. The standard InChI is InChI=1S/C8H11N3/c9-5-7-1-3-8(4-2-7)6-11-10/h1-4,6H,5,9-10H2. The monoisotopic (exact) mass is 149 g/mol. The zero-order chi connectivity index (χ0) is 8.10. The largest absolute Gasteiger partial charge is 0.326 e. The summed E-state index contributed by atoms with van der Waals surface area (Å²) in [6, 6.07) is 7.77. The lowest BCUT2D eigenvalue weighted by Crippen LogP contribution is -1.96. The summed E-state index contributed by atoms with van der Waals surface area (Å²) in [4.78, 5) is 0. The van der Waals surface area contributed by atoms with Gasteiger partial charge >= 0.3 is 0 Å². The summed E-state index contributed by atoms with van der Waals surface area (Å²) < 4.78 is 0. The number of rotatable bonds is 2. The van der Waals surface area contributed by atoms with E-state index in [0.717, 1.165) is 11.1 Å². The Hall–Kier alpha value is -1.35.